The van der Waals surface area contributed by atoms with Gasteiger partial charge < -0.3 is 0 Å². The maximum Gasteiger partial charge on any atom is 0.166 e. The number of rotatable bonds is 1. The third-order valence-corrected chi connectivity index (χ3v) is 2.63. The number of ketones is 1. The van der Waals surface area contributed by atoms with E-state index < -0.39 is 0 Å². The Labute approximate surface area is 77.7 Å². The minimum absolute atomic E-state index is 0.276. The van der Waals surface area contributed by atoms with Crippen LogP contribution in [0.5, 0.6) is 0 Å². The third kappa shape index (κ3) is 1.19. The highest BCUT2D eigenvalue weighted by Gasteiger charge is 2.23. The topological polar surface area (TPSA) is 34.9 Å². The van der Waals surface area contributed by atoms with E-state index >= 15 is 0 Å². The standard InChI is InChI=1S/C10H14N2O/c1-3-12-8-5-4-6-9(13)10(8)7(2)11-12/h3-6H2,1-2H3. The van der Waals surface area contributed by atoms with Crippen LogP contribution >= 0.6 is 0 Å². The molecule has 0 radical (unpaired) electrons. The fraction of sp³-hybridized carbons (Fsp3) is 0.600. The number of fused-ring (bicyclic) bond motifs is 1. The number of aromatic nitrogens is 2. The summed E-state index contributed by atoms with van der Waals surface area (Å²) in [5.41, 5.74) is 2.95. The minimum atomic E-state index is 0.276. The summed E-state index contributed by atoms with van der Waals surface area (Å²) in [4.78, 5) is 11.6. The number of hydrogen-bond acceptors (Lipinski definition) is 2. The molecule has 0 aliphatic heterocycles. The van der Waals surface area contributed by atoms with Crippen molar-refractivity contribution in [3.8, 4) is 0 Å². The molecule has 0 N–H and O–H groups in total. The van der Waals surface area contributed by atoms with Gasteiger partial charge >= 0.3 is 0 Å². The van der Waals surface area contributed by atoms with Gasteiger partial charge in [-0.1, -0.05) is 0 Å². The van der Waals surface area contributed by atoms with Crippen LogP contribution in [0.25, 0.3) is 0 Å². The summed E-state index contributed by atoms with van der Waals surface area (Å²) in [6.45, 7) is 4.85. The lowest BCUT2D eigenvalue weighted by Gasteiger charge is -2.11. The van der Waals surface area contributed by atoms with Crippen LogP contribution in [0.3, 0.4) is 0 Å². The number of nitrogens with zero attached hydrogens (tertiary/aromatic N) is 2. The van der Waals surface area contributed by atoms with E-state index in [1.54, 1.807) is 0 Å². The van der Waals surface area contributed by atoms with Crippen molar-refractivity contribution in [1.29, 1.82) is 0 Å². The first-order valence-corrected chi connectivity index (χ1v) is 4.83. The Bertz CT molecular complexity index is 352. The van der Waals surface area contributed by atoms with Gasteiger partial charge in [0.15, 0.2) is 5.78 Å². The normalized spacial score (nSPS) is 16.0. The van der Waals surface area contributed by atoms with E-state index in [0.717, 1.165) is 36.3 Å². The van der Waals surface area contributed by atoms with Gasteiger partial charge in [0.2, 0.25) is 0 Å². The molecule has 0 atom stereocenters. The van der Waals surface area contributed by atoms with Crippen LogP contribution in [0.2, 0.25) is 0 Å². The molecular weight excluding hydrogens is 164 g/mol. The zero-order valence-corrected chi connectivity index (χ0v) is 8.13. The summed E-state index contributed by atoms with van der Waals surface area (Å²) >= 11 is 0. The summed E-state index contributed by atoms with van der Waals surface area (Å²) in [6, 6.07) is 0. The second kappa shape index (κ2) is 2.98. The van der Waals surface area contributed by atoms with Gasteiger partial charge in [0.05, 0.1) is 11.3 Å². The fourth-order valence-corrected chi connectivity index (χ4v) is 2.05. The van der Waals surface area contributed by atoms with E-state index in [2.05, 4.69) is 12.0 Å². The van der Waals surface area contributed by atoms with Crippen molar-refractivity contribution in [3.63, 3.8) is 0 Å². The van der Waals surface area contributed by atoms with E-state index in [0.29, 0.717) is 6.42 Å². The average molecular weight is 178 g/mol. The first-order chi connectivity index (χ1) is 6.24. The highest BCUT2D eigenvalue weighted by molar-refractivity contribution is 5.99. The Morgan fingerprint density at radius 2 is 2.23 bits per heavy atom. The van der Waals surface area contributed by atoms with Gasteiger partial charge in [0.1, 0.15) is 0 Å². The summed E-state index contributed by atoms with van der Waals surface area (Å²) in [5, 5.41) is 4.36. The highest BCUT2D eigenvalue weighted by atomic mass is 16.1. The Morgan fingerprint density at radius 3 is 2.92 bits per heavy atom. The molecule has 1 aliphatic carbocycles. The molecule has 0 bridgehead atoms. The van der Waals surface area contributed by atoms with E-state index in [9.17, 15) is 4.79 Å². The van der Waals surface area contributed by atoms with Crippen molar-refractivity contribution < 1.29 is 4.79 Å². The lowest BCUT2D eigenvalue weighted by molar-refractivity contribution is 0.0971. The number of carbonyl (C=O) groups excluding carboxylic acids is 1. The quantitative estimate of drug-likeness (QED) is 0.656. The van der Waals surface area contributed by atoms with Crippen LogP contribution in [0, 0.1) is 6.92 Å². The molecule has 13 heavy (non-hydrogen) atoms. The second-order valence-electron chi connectivity index (χ2n) is 3.50. The van der Waals surface area contributed by atoms with Gasteiger partial charge in [-0.25, -0.2) is 0 Å². The van der Waals surface area contributed by atoms with Crippen molar-refractivity contribution in [1.82, 2.24) is 9.78 Å². The van der Waals surface area contributed by atoms with Crippen LogP contribution < -0.4 is 0 Å². The van der Waals surface area contributed by atoms with Crippen molar-refractivity contribution in [2.75, 3.05) is 0 Å². The number of aryl methyl sites for hydroxylation is 2. The maximum atomic E-state index is 11.6. The van der Waals surface area contributed by atoms with E-state index in [1.807, 2.05) is 11.6 Å². The van der Waals surface area contributed by atoms with Crippen LogP contribution in [0.15, 0.2) is 0 Å². The van der Waals surface area contributed by atoms with Crippen molar-refractivity contribution in [3.05, 3.63) is 17.0 Å². The van der Waals surface area contributed by atoms with Crippen molar-refractivity contribution >= 4 is 5.78 Å². The van der Waals surface area contributed by atoms with Gasteiger partial charge in [0.25, 0.3) is 0 Å². The molecule has 0 fully saturated rings. The van der Waals surface area contributed by atoms with Gasteiger partial charge in [-0.2, -0.15) is 5.10 Å². The Morgan fingerprint density at radius 1 is 1.46 bits per heavy atom. The zero-order chi connectivity index (χ0) is 9.42. The van der Waals surface area contributed by atoms with Crippen LogP contribution in [0.1, 0.15) is 41.5 Å². The van der Waals surface area contributed by atoms with Crippen LogP contribution in [-0.2, 0) is 13.0 Å². The van der Waals surface area contributed by atoms with Gasteiger partial charge in [-0.15, -0.1) is 0 Å². The second-order valence-corrected chi connectivity index (χ2v) is 3.50. The summed E-state index contributed by atoms with van der Waals surface area (Å²) in [7, 11) is 0. The molecule has 1 heterocycles. The third-order valence-electron chi connectivity index (χ3n) is 2.63. The molecular formula is C10H14N2O. The molecule has 0 spiro atoms. The van der Waals surface area contributed by atoms with E-state index in [1.165, 1.54) is 0 Å². The molecule has 1 aliphatic rings. The smallest absolute Gasteiger partial charge is 0.166 e. The van der Waals surface area contributed by atoms with Gasteiger partial charge in [-0.3, -0.25) is 9.48 Å². The largest absolute Gasteiger partial charge is 0.294 e. The predicted octanol–water partition coefficient (Wildman–Crippen LogP) is 1.73. The molecule has 0 saturated carbocycles. The highest BCUT2D eigenvalue weighted by Crippen LogP contribution is 2.23. The molecule has 70 valence electrons. The molecule has 0 aromatic carbocycles. The molecule has 0 unspecified atom stereocenters. The number of Topliss-reactive ketones (excluding diaryl/α,β-unsaturated/α-hetero) is 1. The average Bonchev–Trinajstić information content (AvgIpc) is 2.44. The lowest BCUT2D eigenvalue weighted by atomic mass is 9.95. The summed E-state index contributed by atoms with van der Waals surface area (Å²) in [5.74, 6) is 0.276. The Balaban J connectivity index is 2.57. The van der Waals surface area contributed by atoms with Crippen molar-refractivity contribution in [2.45, 2.75) is 39.7 Å². The SMILES string of the molecule is CCn1nc(C)c2c1CCCC2=O. The van der Waals surface area contributed by atoms with Crippen molar-refractivity contribution in [2.24, 2.45) is 0 Å². The summed E-state index contributed by atoms with van der Waals surface area (Å²) in [6.07, 6.45) is 2.69. The first-order valence-electron chi connectivity index (χ1n) is 4.83. The van der Waals surface area contributed by atoms with Gasteiger partial charge in [-0.05, 0) is 26.7 Å². The zero-order valence-electron chi connectivity index (χ0n) is 8.13. The lowest BCUT2D eigenvalue weighted by Crippen LogP contribution is -2.13. The molecule has 2 rings (SSSR count). The minimum Gasteiger partial charge on any atom is -0.294 e. The predicted molar refractivity (Wildman–Crippen MR) is 49.9 cm³/mol. The number of hydrogen-bond donors (Lipinski definition) is 0. The number of carbonyl (C=O) groups is 1. The Kier molecular flexibility index (Phi) is 1.94. The fourth-order valence-electron chi connectivity index (χ4n) is 2.05. The first kappa shape index (κ1) is 8.48. The summed E-state index contributed by atoms with van der Waals surface area (Å²) < 4.78 is 1.96. The van der Waals surface area contributed by atoms with E-state index in [-0.39, 0.29) is 5.78 Å². The molecule has 1 aromatic rings. The molecule has 1 aromatic heterocycles. The molecule has 0 saturated heterocycles. The molecule has 3 nitrogen and oxygen atoms in total. The Hall–Kier alpha value is -1.12. The molecule has 0 amide bonds. The van der Waals surface area contributed by atoms with Gasteiger partial charge in [0, 0.05) is 18.7 Å². The van der Waals surface area contributed by atoms with Crippen LogP contribution in [0.4, 0.5) is 0 Å². The maximum absolute atomic E-state index is 11.6. The van der Waals surface area contributed by atoms with Crippen LogP contribution in [-0.4, -0.2) is 15.6 Å². The monoisotopic (exact) mass is 178 g/mol. The van der Waals surface area contributed by atoms with E-state index in [4.69, 9.17) is 0 Å². The molecule has 3 heteroatoms.